The average molecular weight is 1370 g/mol. The highest BCUT2D eigenvalue weighted by Crippen LogP contribution is 2.62. The molecule has 1 heterocycles. The molecule has 0 spiro atoms. The summed E-state index contributed by atoms with van der Waals surface area (Å²) in [5.74, 6) is 2.33. The van der Waals surface area contributed by atoms with Crippen molar-refractivity contribution in [1.29, 1.82) is 0 Å². The van der Waals surface area contributed by atoms with Gasteiger partial charge in [0.05, 0.1) is 17.1 Å². The summed E-state index contributed by atoms with van der Waals surface area (Å²) >= 11 is 0. The lowest BCUT2D eigenvalue weighted by atomic mass is 9.79. The van der Waals surface area contributed by atoms with Crippen molar-refractivity contribution in [2.45, 2.75) is 77.6 Å². The minimum atomic E-state index is -0.281. The molecule has 1 unspecified atom stereocenters. The van der Waals surface area contributed by atoms with Gasteiger partial charge in [-0.3, -0.25) is 0 Å². The Balaban J connectivity index is 0.760. The number of ether oxygens (including phenoxy) is 1. The van der Waals surface area contributed by atoms with E-state index in [1.54, 1.807) is 0 Å². The number of fused-ring (bicyclic) bond motifs is 18. The first-order valence-electron chi connectivity index (χ1n) is 38.2. The van der Waals surface area contributed by atoms with Crippen molar-refractivity contribution >= 4 is 38.6 Å². The van der Waals surface area contributed by atoms with Gasteiger partial charge in [0.15, 0.2) is 11.5 Å². The topological polar surface area (TPSA) is 12.5 Å². The van der Waals surface area contributed by atoms with E-state index in [2.05, 4.69) is 382 Å². The van der Waals surface area contributed by atoms with Gasteiger partial charge in [0.2, 0.25) is 0 Å². The van der Waals surface area contributed by atoms with E-state index in [1.165, 1.54) is 133 Å². The van der Waals surface area contributed by atoms with Crippen molar-refractivity contribution in [3.63, 3.8) is 0 Å². The van der Waals surface area contributed by atoms with E-state index >= 15 is 0 Å². The van der Waals surface area contributed by atoms with Crippen molar-refractivity contribution in [3.05, 3.63) is 366 Å². The van der Waals surface area contributed by atoms with Crippen molar-refractivity contribution in [2.24, 2.45) is 5.92 Å². The number of anilines is 3. The fourth-order valence-corrected chi connectivity index (χ4v) is 19.6. The van der Waals surface area contributed by atoms with Gasteiger partial charge in [0, 0.05) is 33.3 Å². The van der Waals surface area contributed by atoms with Gasteiger partial charge in [-0.1, -0.05) is 304 Å². The SMILES string of the molecule is CC(C)C1c2cc3c(cc2-c2c1ccc1ccccc21)C(C)(C)c1cc(-c2ccc4c(c2)N(c2c(-c5ccc(-c6ccccc6)cc5)cc(-c5ccccc5)cc2-c2ccc(-c5ccccc5)cc2)c2cc(-c5ccc6c(c5)C(C)(C)c5cc7c(cc5-6)C(C)(C)c5ccc6ccccc6c5-7)ccc2O4)ccc1-3. The molecule has 5 aliphatic rings. The molecule has 2 nitrogen and oxygen atoms in total. The molecule has 510 valence electrons. The van der Waals surface area contributed by atoms with Gasteiger partial charge in [-0.15, -0.1) is 0 Å². The van der Waals surface area contributed by atoms with E-state index < -0.39 is 0 Å². The number of benzene rings is 16. The summed E-state index contributed by atoms with van der Waals surface area (Å²) in [5, 5.41) is 5.24. The maximum absolute atomic E-state index is 7.40. The van der Waals surface area contributed by atoms with Crippen LogP contribution in [-0.2, 0) is 16.2 Å². The van der Waals surface area contributed by atoms with Crippen LogP contribution in [0.2, 0.25) is 0 Å². The monoisotopic (exact) mass is 1370 g/mol. The molecule has 16 aromatic rings. The molecule has 16 aromatic carbocycles. The molecule has 1 atom stereocenters. The van der Waals surface area contributed by atoms with Crippen LogP contribution in [0.3, 0.4) is 0 Å². The van der Waals surface area contributed by atoms with Crippen molar-refractivity contribution < 1.29 is 4.74 Å². The van der Waals surface area contributed by atoms with Crippen LogP contribution in [0.5, 0.6) is 11.5 Å². The summed E-state index contributed by atoms with van der Waals surface area (Å²) in [6.07, 6.45) is 0. The zero-order valence-electron chi connectivity index (χ0n) is 61.6. The molecule has 0 N–H and O–H groups in total. The summed E-state index contributed by atoms with van der Waals surface area (Å²) in [6, 6.07) is 122. The zero-order valence-corrected chi connectivity index (χ0v) is 61.6. The van der Waals surface area contributed by atoms with Gasteiger partial charge in [0.1, 0.15) is 0 Å². The van der Waals surface area contributed by atoms with E-state index in [9.17, 15) is 0 Å². The Bertz CT molecular complexity index is 6330. The molecule has 1 aliphatic heterocycles. The minimum Gasteiger partial charge on any atom is -0.453 e. The van der Waals surface area contributed by atoms with Crippen LogP contribution in [-0.4, -0.2) is 0 Å². The van der Waals surface area contributed by atoms with Gasteiger partial charge < -0.3 is 9.64 Å². The maximum atomic E-state index is 7.40. The Hall–Kier alpha value is -12.4. The first-order chi connectivity index (χ1) is 52.1. The molecule has 4 aliphatic carbocycles. The second kappa shape index (κ2) is 23.3. The molecule has 0 fully saturated rings. The third-order valence-corrected chi connectivity index (χ3v) is 25.1. The summed E-state index contributed by atoms with van der Waals surface area (Å²) in [6.45, 7) is 19.4. The van der Waals surface area contributed by atoms with Gasteiger partial charge in [-0.2, -0.15) is 0 Å². The number of rotatable bonds is 9. The Morgan fingerprint density at radius 3 is 1.17 bits per heavy atom. The third-order valence-electron chi connectivity index (χ3n) is 25.1. The Morgan fingerprint density at radius 2 is 0.645 bits per heavy atom. The number of hydrogen-bond acceptors (Lipinski definition) is 2. The Morgan fingerprint density at radius 1 is 0.262 bits per heavy atom. The van der Waals surface area contributed by atoms with Crippen LogP contribution in [0, 0.1) is 5.92 Å². The first-order valence-corrected chi connectivity index (χ1v) is 38.2. The lowest BCUT2D eigenvalue weighted by Crippen LogP contribution is -2.18. The first kappa shape index (κ1) is 63.1. The standard InChI is InChI=1S/C105H79NO/c1-62(2)99-81-48-40-68-28-18-20-30-77(68)100(81)87-60-92-84(58-86(87)99)79-46-41-72(54-90(79)104(92,5)6)74-44-50-97-95(56-74)106(102-82(70-36-32-66(33-37-70)63-22-12-9-13-23-63)52-76(65-26-16-11-17-27-65)53-83(102)71-38-34-67(35-39-71)64-24-14-10-15-25-64)96-57-75(45-51-98(96)107-97)73-42-47-80-85-59-94-88(61-93(85)105(7,8)91(80)55-73)101-78-31-21-19-29-69(78)43-49-89(101)103(94,3)4/h9-62,99H,1-8H3. The van der Waals surface area contributed by atoms with Crippen molar-refractivity contribution in [2.75, 3.05) is 4.90 Å². The molecule has 2 heteroatoms. The van der Waals surface area contributed by atoms with Gasteiger partial charge in [-0.05, 0) is 256 Å². The molecule has 0 saturated heterocycles. The normalized spacial score (nSPS) is 15.2. The number of hydrogen-bond donors (Lipinski definition) is 0. The van der Waals surface area contributed by atoms with Gasteiger partial charge >= 0.3 is 0 Å². The van der Waals surface area contributed by atoms with Gasteiger partial charge in [-0.25, -0.2) is 0 Å². The highest BCUT2D eigenvalue weighted by Gasteiger charge is 2.44. The smallest absolute Gasteiger partial charge is 0.151 e. The molecule has 21 rings (SSSR count). The minimum absolute atomic E-state index is 0.153. The summed E-state index contributed by atoms with van der Waals surface area (Å²) in [4.78, 5) is 2.57. The van der Waals surface area contributed by atoms with Crippen molar-refractivity contribution in [3.8, 4) is 134 Å². The molecule has 0 aromatic heterocycles. The van der Waals surface area contributed by atoms with Crippen LogP contribution in [0.25, 0.3) is 144 Å². The highest BCUT2D eigenvalue weighted by atomic mass is 16.5. The molecule has 0 radical (unpaired) electrons. The largest absolute Gasteiger partial charge is 0.453 e. The lowest BCUT2D eigenvalue weighted by Gasteiger charge is -2.36. The zero-order chi connectivity index (χ0) is 71.9. The molecule has 0 bridgehead atoms. The van der Waals surface area contributed by atoms with E-state index in [0.717, 1.165) is 84.2 Å². The van der Waals surface area contributed by atoms with Crippen LogP contribution < -0.4 is 9.64 Å². The predicted octanol–water partition coefficient (Wildman–Crippen LogP) is 28.9. The average Bonchev–Trinajstić information content (AvgIpc) is 1.56. The van der Waals surface area contributed by atoms with Crippen molar-refractivity contribution in [1.82, 2.24) is 0 Å². The fourth-order valence-electron chi connectivity index (χ4n) is 19.6. The number of nitrogens with zero attached hydrogens (tertiary/aromatic N) is 1. The Labute approximate surface area is 627 Å². The van der Waals surface area contributed by atoms with E-state index in [4.69, 9.17) is 4.74 Å². The van der Waals surface area contributed by atoms with Crippen LogP contribution in [0.4, 0.5) is 17.1 Å². The predicted molar refractivity (Wildman–Crippen MR) is 449 cm³/mol. The second-order valence-corrected chi connectivity index (χ2v) is 32.5. The van der Waals surface area contributed by atoms with Crippen LogP contribution in [0.15, 0.2) is 322 Å². The summed E-state index contributed by atoms with van der Waals surface area (Å²) < 4.78 is 7.40. The molecular formula is C105H79NO. The molecule has 107 heavy (non-hydrogen) atoms. The quantitative estimate of drug-likeness (QED) is 0.143. The van der Waals surface area contributed by atoms with Gasteiger partial charge in [0.25, 0.3) is 0 Å². The molecule has 0 saturated carbocycles. The highest BCUT2D eigenvalue weighted by molar-refractivity contribution is 6.07. The maximum Gasteiger partial charge on any atom is 0.151 e. The van der Waals surface area contributed by atoms with E-state index in [0.29, 0.717) is 11.8 Å². The molecule has 0 amide bonds. The summed E-state index contributed by atoms with van der Waals surface area (Å²) in [7, 11) is 0. The van der Waals surface area contributed by atoms with E-state index in [-0.39, 0.29) is 16.2 Å². The van der Waals surface area contributed by atoms with Crippen LogP contribution in [0.1, 0.15) is 106 Å². The fraction of sp³-hybridized carbons (Fsp3) is 0.124. The third kappa shape index (κ3) is 9.50. The summed E-state index contributed by atoms with van der Waals surface area (Å²) in [5.41, 5.74) is 40.2. The van der Waals surface area contributed by atoms with Crippen LogP contribution >= 0.6 is 0 Å². The molecular weight excluding hydrogens is 1290 g/mol. The second-order valence-electron chi connectivity index (χ2n) is 32.5. The van der Waals surface area contributed by atoms with E-state index in [1.807, 2.05) is 0 Å². The lowest BCUT2D eigenvalue weighted by molar-refractivity contribution is 0.477. The Kier molecular flexibility index (Phi) is 13.8.